The molecule has 1 nitrogen and oxygen atoms in total. The minimum atomic E-state index is 0.853. The Morgan fingerprint density at radius 3 is 2.75 bits per heavy atom. The number of nitrogens with one attached hydrogen (secondary N) is 1. The summed E-state index contributed by atoms with van der Waals surface area (Å²) in [5, 5.41) is 3.53. The standard InChI is InChI=1S/C10H21NS/c1-9(2)8-12-7-3-6-11-10-4-5-10/h9-11H,3-8H2,1-2H3. The summed E-state index contributed by atoms with van der Waals surface area (Å²) in [7, 11) is 0. The van der Waals surface area contributed by atoms with Crippen molar-refractivity contribution < 1.29 is 0 Å². The first-order valence-corrected chi connectivity index (χ1v) is 6.25. The second kappa shape index (κ2) is 5.87. The Hall–Kier alpha value is 0.310. The van der Waals surface area contributed by atoms with Gasteiger partial charge in [0.25, 0.3) is 0 Å². The normalized spacial score (nSPS) is 17.2. The van der Waals surface area contributed by atoms with Crippen molar-refractivity contribution in [2.45, 2.75) is 39.2 Å². The van der Waals surface area contributed by atoms with Gasteiger partial charge in [-0.25, -0.2) is 0 Å². The van der Waals surface area contributed by atoms with Crippen molar-refractivity contribution >= 4 is 11.8 Å². The maximum atomic E-state index is 3.53. The van der Waals surface area contributed by atoms with Gasteiger partial charge in [-0.15, -0.1) is 0 Å². The minimum Gasteiger partial charge on any atom is -0.314 e. The molecule has 1 saturated carbocycles. The Morgan fingerprint density at radius 2 is 2.17 bits per heavy atom. The van der Waals surface area contributed by atoms with Crippen molar-refractivity contribution in [1.29, 1.82) is 0 Å². The van der Waals surface area contributed by atoms with Gasteiger partial charge < -0.3 is 5.32 Å². The van der Waals surface area contributed by atoms with Crippen LogP contribution in [0, 0.1) is 5.92 Å². The van der Waals surface area contributed by atoms with Gasteiger partial charge >= 0.3 is 0 Å². The van der Waals surface area contributed by atoms with Crippen molar-refractivity contribution in [3.8, 4) is 0 Å². The molecule has 0 amide bonds. The third-order valence-electron chi connectivity index (χ3n) is 1.93. The van der Waals surface area contributed by atoms with Crippen molar-refractivity contribution in [1.82, 2.24) is 5.32 Å². The molecule has 0 aromatic rings. The van der Waals surface area contributed by atoms with Crippen LogP contribution in [0.15, 0.2) is 0 Å². The average molecular weight is 187 g/mol. The smallest absolute Gasteiger partial charge is 0.00682 e. The van der Waals surface area contributed by atoms with Crippen molar-refractivity contribution in [2.24, 2.45) is 5.92 Å². The first-order valence-electron chi connectivity index (χ1n) is 5.10. The average Bonchev–Trinajstić information content (AvgIpc) is 2.79. The van der Waals surface area contributed by atoms with E-state index in [4.69, 9.17) is 0 Å². The molecule has 72 valence electrons. The Labute approximate surface area is 80.7 Å². The van der Waals surface area contributed by atoms with Crippen LogP contribution in [0.25, 0.3) is 0 Å². The van der Waals surface area contributed by atoms with Crippen LogP contribution < -0.4 is 5.32 Å². The lowest BCUT2D eigenvalue weighted by atomic mass is 10.3. The van der Waals surface area contributed by atoms with Crippen molar-refractivity contribution in [3.63, 3.8) is 0 Å². The van der Waals surface area contributed by atoms with E-state index in [-0.39, 0.29) is 0 Å². The van der Waals surface area contributed by atoms with E-state index in [1.54, 1.807) is 0 Å². The van der Waals surface area contributed by atoms with Gasteiger partial charge in [-0.2, -0.15) is 11.8 Å². The highest BCUT2D eigenvalue weighted by atomic mass is 32.2. The van der Waals surface area contributed by atoms with Crippen LogP contribution in [0.3, 0.4) is 0 Å². The van der Waals surface area contributed by atoms with E-state index in [0.29, 0.717) is 0 Å². The highest BCUT2D eigenvalue weighted by molar-refractivity contribution is 7.99. The summed E-state index contributed by atoms with van der Waals surface area (Å²) in [6, 6.07) is 0.889. The number of hydrogen-bond donors (Lipinski definition) is 1. The molecule has 2 heteroatoms. The molecule has 0 radical (unpaired) electrons. The topological polar surface area (TPSA) is 12.0 Å². The molecule has 0 saturated heterocycles. The third-order valence-corrected chi connectivity index (χ3v) is 3.41. The molecular formula is C10H21NS. The van der Waals surface area contributed by atoms with Crippen LogP contribution in [0.5, 0.6) is 0 Å². The molecule has 0 spiro atoms. The predicted octanol–water partition coefficient (Wildman–Crippen LogP) is 2.52. The van der Waals surface area contributed by atoms with Gasteiger partial charge in [-0.05, 0) is 43.2 Å². The quantitative estimate of drug-likeness (QED) is 0.615. The molecule has 0 aliphatic heterocycles. The van der Waals surface area contributed by atoms with Gasteiger partial charge in [0.2, 0.25) is 0 Å². The lowest BCUT2D eigenvalue weighted by Crippen LogP contribution is -2.17. The highest BCUT2D eigenvalue weighted by Gasteiger charge is 2.19. The number of hydrogen-bond acceptors (Lipinski definition) is 2. The number of rotatable bonds is 7. The first-order chi connectivity index (χ1) is 5.79. The summed E-state index contributed by atoms with van der Waals surface area (Å²) in [6.45, 7) is 5.81. The monoisotopic (exact) mass is 187 g/mol. The van der Waals surface area contributed by atoms with Gasteiger partial charge in [-0.3, -0.25) is 0 Å². The lowest BCUT2D eigenvalue weighted by Gasteiger charge is -2.04. The second-order valence-electron chi connectivity index (χ2n) is 4.05. The van der Waals surface area contributed by atoms with Gasteiger partial charge in [0.05, 0.1) is 0 Å². The van der Waals surface area contributed by atoms with E-state index < -0.39 is 0 Å². The summed E-state index contributed by atoms with van der Waals surface area (Å²) in [6.07, 6.45) is 4.17. The molecule has 0 atom stereocenters. The van der Waals surface area contributed by atoms with Crippen LogP contribution in [0.2, 0.25) is 0 Å². The summed E-state index contributed by atoms with van der Waals surface area (Å²) in [5.74, 6) is 3.51. The van der Waals surface area contributed by atoms with E-state index in [0.717, 1.165) is 12.0 Å². The van der Waals surface area contributed by atoms with E-state index >= 15 is 0 Å². The zero-order valence-corrected chi connectivity index (χ0v) is 9.12. The number of thioether (sulfide) groups is 1. The Morgan fingerprint density at radius 1 is 1.42 bits per heavy atom. The molecule has 12 heavy (non-hydrogen) atoms. The maximum Gasteiger partial charge on any atom is 0.00682 e. The van der Waals surface area contributed by atoms with Gasteiger partial charge in [0.15, 0.2) is 0 Å². The molecule has 0 bridgehead atoms. The van der Waals surface area contributed by atoms with E-state index in [1.807, 2.05) is 0 Å². The fraction of sp³-hybridized carbons (Fsp3) is 1.00. The van der Waals surface area contributed by atoms with Crippen molar-refractivity contribution in [3.05, 3.63) is 0 Å². The van der Waals surface area contributed by atoms with Crippen LogP contribution in [0.4, 0.5) is 0 Å². The highest BCUT2D eigenvalue weighted by Crippen LogP contribution is 2.18. The molecule has 1 rings (SSSR count). The zero-order valence-electron chi connectivity index (χ0n) is 8.31. The molecule has 0 unspecified atom stereocenters. The van der Waals surface area contributed by atoms with Gasteiger partial charge in [0, 0.05) is 6.04 Å². The van der Waals surface area contributed by atoms with Crippen LogP contribution in [-0.2, 0) is 0 Å². The van der Waals surface area contributed by atoms with Gasteiger partial charge in [0.1, 0.15) is 0 Å². The summed E-state index contributed by atoms with van der Waals surface area (Å²) < 4.78 is 0. The van der Waals surface area contributed by atoms with E-state index in [2.05, 4.69) is 30.9 Å². The fourth-order valence-electron chi connectivity index (χ4n) is 1.09. The molecule has 1 aliphatic carbocycles. The fourth-order valence-corrected chi connectivity index (χ4v) is 2.07. The molecular weight excluding hydrogens is 166 g/mol. The molecule has 1 N–H and O–H groups in total. The Kier molecular flexibility index (Phi) is 5.08. The lowest BCUT2D eigenvalue weighted by molar-refractivity contribution is 0.673. The predicted molar refractivity (Wildman–Crippen MR) is 57.8 cm³/mol. The summed E-state index contributed by atoms with van der Waals surface area (Å²) in [5.41, 5.74) is 0. The molecule has 0 aromatic heterocycles. The second-order valence-corrected chi connectivity index (χ2v) is 5.20. The van der Waals surface area contributed by atoms with Gasteiger partial charge in [-0.1, -0.05) is 13.8 Å². The van der Waals surface area contributed by atoms with E-state index in [1.165, 1.54) is 37.3 Å². The molecule has 1 aliphatic rings. The zero-order chi connectivity index (χ0) is 8.81. The summed E-state index contributed by atoms with van der Waals surface area (Å²) >= 11 is 2.09. The molecule has 0 aromatic carbocycles. The Bertz CT molecular complexity index is 104. The minimum absolute atomic E-state index is 0.853. The van der Waals surface area contributed by atoms with E-state index in [9.17, 15) is 0 Å². The van der Waals surface area contributed by atoms with Crippen LogP contribution in [0.1, 0.15) is 33.1 Å². The largest absolute Gasteiger partial charge is 0.314 e. The maximum absolute atomic E-state index is 3.53. The van der Waals surface area contributed by atoms with Crippen LogP contribution in [-0.4, -0.2) is 24.1 Å². The summed E-state index contributed by atoms with van der Waals surface area (Å²) in [4.78, 5) is 0. The molecule has 1 fully saturated rings. The third kappa shape index (κ3) is 5.90. The van der Waals surface area contributed by atoms with Crippen LogP contribution >= 0.6 is 11.8 Å². The first kappa shape index (κ1) is 10.4. The van der Waals surface area contributed by atoms with Crippen molar-refractivity contribution in [2.75, 3.05) is 18.1 Å². The molecule has 0 heterocycles. The SMILES string of the molecule is CC(C)CSCCCNC1CC1. The Balaban J connectivity index is 1.70.